The molecule has 0 atom stereocenters. The third-order valence-electron chi connectivity index (χ3n) is 4.06. The fourth-order valence-corrected chi connectivity index (χ4v) is 3.52. The summed E-state index contributed by atoms with van der Waals surface area (Å²) in [5, 5.41) is 0. The lowest BCUT2D eigenvalue weighted by molar-refractivity contribution is -0.137. The summed E-state index contributed by atoms with van der Waals surface area (Å²) in [5.41, 5.74) is 2.68. The Morgan fingerprint density at radius 1 is 1.04 bits per heavy atom. The second-order valence-corrected chi connectivity index (χ2v) is 7.13. The molecule has 7 heteroatoms. The lowest BCUT2D eigenvalue weighted by atomic mass is 10.0. The van der Waals surface area contributed by atoms with Crippen LogP contribution >= 0.6 is 11.3 Å². The highest BCUT2D eigenvalue weighted by atomic mass is 32.1. The van der Waals surface area contributed by atoms with Gasteiger partial charge in [0.25, 0.3) is 0 Å². The third-order valence-corrected chi connectivity index (χ3v) is 5.28. The summed E-state index contributed by atoms with van der Waals surface area (Å²) in [4.78, 5) is 20.4. The number of ketones is 1. The van der Waals surface area contributed by atoms with Crippen molar-refractivity contribution in [1.82, 2.24) is 4.98 Å². The highest BCUT2D eigenvalue weighted by molar-refractivity contribution is 7.11. The Morgan fingerprint density at radius 3 is 2.07 bits per heavy atom. The van der Waals surface area contributed by atoms with E-state index in [0.29, 0.717) is 16.2 Å². The van der Waals surface area contributed by atoms with Gasteiger partial charge in [-0.2, -0.15) is 13.2 Å². The highest BCUT2D eigenvalue weighted by Gasteiger charge is 2.29. The van der Waals surface area contributed by atoms with Crippen LogP contribution in [0.4, 0.5) is 13.2 Å². The summed E-state index contributed by atoms with van der Waals surface area (Å²) in [6.07, 6.45) is -4.33. The van der Waals surface area contributed by atoms with Crippen LogP contribution in [0.25, 0.3) is 11.1 Å². The molecule has 0 aliphatic heterocycles. The van der Waals surface area contributed by atoms with Gasteiger partial charge in [-0.15, -0.1) is 0 Å². The Labute approximate surface area is 158 Å². The molecule has 0 spiro atoms. The molecule has 27 heavy (non-hydrogen) atoms. The number of benzene rings is 2. The predicted octanol–water partition coefficient (Wildman–Crippen LogP) is 5.37. The fraction of sp³-hybridized carbons (Fsp3) is 0.200. The molecule has 3 aromatic rings. The van der Waals surface area contributed by atoms with Crippen molar-refractivity contribution in [3.8, 4) is 11.1 Å². The van der Waals surface area contributed by atoms with Crippen LogP contribution < -0.4 is 4.80 Å². The second-order valence-electron chi connectivity index (χ2n) is 6.13. The monoisotopic (exact) mass is 390 g/mol. The molecule has 0 aliphatic carbocycles. The fourth-order valence-electron chi connectivity index (χ4n) is 2.64. The van der Waals surface area contributed by atoms with E-state index in [2.05, 4.69) is 9.98 Å². The van der Waals surface area contributed by atoms with Gasteiger partial charge in [-0.25, -0.2) is 0 Å². The Bertz CT molecular complexity index is 1010. The minimum absolute atomic E-state index is 0.0103. The number of halogens is 3. The molecule has 0 saturated heterocycles. The zero-order valence-electron chi connectivity index (χ0n) is 14.7. The van der Waals surface area contributed by atoms with Gasteiger partial charge in [-0.1, -0.05) is 47.7 Å². The third kappa shape index (κ3) is 4.54. The van der Waals surface area contributed by atoms with Crippen LogP contribution in [0, 0.1) is 6.92 Å². The summed E-state index contributed by atoms with van der Waals surface area (Å²) < 4.78 is 37.9. The van der Waals surface area contributed by atoms with Gasteiger partial charge < -0.3 is 4.98 Å². The molecule has 1 aromatic heterocycles. The van der Waals surface area contributed by atoms with Crippen molar-refractivity contribution >= 4 is 17.1 Å². The molecule has 140 valence electrons. The van der Waals surface area contributed by atoms with Crippen LogP contribution in [0.1, 0.15) is 33.4 Å². The van der Waals surface area contributed by atoms with E-state index < -0.39 is 11.7 Å². The number of hydrogen-bond donors (Lipinski definition) is 1. The summed E-state index contributed by atoms with van der Waals surface area (Å²) >= 11 is 1.33. The summed E-state index contributed by atoms with van der Waals surface area (Å²) in [5.74, 6) is 0.0103. The van der Waals surface area contributed by atoms with Gasteiger partial charge in [0.1, 0.15) is 0 Å². The van der Waals surface area contributed by atoms with E-state index in [1.807, 2.05) is 31.2 Å². The Kier molecular flexibility index (Phi) is 5.32. The molecule has 2 aromatic carbocycles. The number of nitrogens with zero attached hydrogens (tertiary/aromatic N) is 1. The van der Waals surface area contributed by atoms with Crippen molar-refractivity contribution in [2.45, 2.75) is 26.6 Å². The van der Waals surface area contributed by atoms with Crippen molar-refractivity contribution in [2.75, 3.05) is 0 Å². The van der Waals surface area contributed by atoms with Crippen LogP contribution in [-0.4, -0.2) is 10.8 Å². The van der Waals surface area contributed by atoms with E-state index >= 15 is 0 Å². The molecule has 0 radical (unpaired) electrons. The summed E-state index contributed by atoms with van der Waals surface area (Å²) in [6.45, 7) is 3.81. The number of nitrogens with one attached hydrogen (secondary N) is 1. The van der Waals surface area contributed by atoms with Crippen molar-refractivity contribution in [1.29, 1.82) is 0 Å². The smallest absolute Gasteiger partial charge is 0.334 e. The highest BCUT2D eigenvalue weighted by Crippen LogP contribution is 2.31. The molecule has 0 saturated carbocycles. The Hall–Kier alpha value is -2.67. The lowest BCUT2D eigenvalue weighted by Gasteiger charge is -2.08. The minimum Gasteiger partial charge on any atom is -0.334 e. The summed E-state index contributed by atoms with van der Waals surface area (Å²) in [7, 11) is 0. The van der Waals surface area contributed by atoms with E-state index in [9.17, 15) is 18.0 Å². The molecular formula is C20H17F3N2OS. The van der Waals surface area contributed by atoms with Gasteiger partial charge in [-0.3, -0.25) is 9.79 Å². The first-order chi connectivity index (χ1) is 12.7. The van der Waals surface area contributed by atoms with Crippen molar-refractivity contribution in [3.63, 3.8) is 0 Å². The first kappa shape index (κ1) is 19.1. The zero-order chi connectivity index (χ0) is 19.6. The van der Waals surface area contributed by atoms with Gasteiger partial charge >= 0.3 is 6.18 Å². The Morgan fingerprint density at radius 2 is 1.59 bits per heavy atom. The molecule has 3 nitrogen and oxygen atoms in total. The average Bonchev–Trinajstić information content (AvgIpc) is 3.01. The van der Waals surface area contributed by atoms with Crippen LogP contribution in [-0.2, 0) is 12.7 Å². The van der Waals surface area contributed by atoms with Crippen LogP contribution in [0.2, 0.25) is 0 Å². The van der Waals surface area contributed by atoms with Crippen LogP contribution in [0.15, 0.2) is 53.5 Å². The van der Waals surface area contributed by atoms with Gasteiger partial charge in [0.15, 0.2) is 10.6 Å². The average molecular weight is 390 g/mol. The minimum atomic E-state index is -4.33. The number of aryl methyl sites for hydroxylation is 1. The molecular weight excluding hydrogens is 373 g/mol. The molecule has 0 amide bonds. The molecule has 0 fully saturated rings. The van der Waals surface area contributed by atoms with Gasteiger partial charge in [0, 0.05) is 12.6 Å². The standard InChI is InChI=1S/C20H17F3N2OS/c1-12-18(13(2)26)27-19(25-12)24-11-14-3-5-15(6-4-14)16-7-9-17(10-8-16)20(21,22)23/h3-10H,11H2,1-2H3,(H,24,25). The molecule has 0 bridgehead atoms. The van der Waals surface area contributed by atoms with Gasteiger partial charge in [0.05, 0.1) is 17.0 Å². The van der Waals surface area contributed by atoms with Gasteiger partial charge in [0.2, 0.25) is 0 Å². The topological polar surface area (TPSA) is 45.2 Å². The quantitative estimate of drug-likeness (QED) is 0.598. The molecule has 3 rings (SSSR count). The molecule has 0 aliphatic rings. The largest absolute Gasteiger partial charge is 0.416 e. The van der Waals surface area contributed by atoms with Crippen LogP contribution in [0.3, 0.4) is 0 Å². The number of aromatic nitrogens is 1. The Balaban J connectivity index is 1.75. The molecule has 1 N–H and O–H groups in total. The normalized spacial score (nSPS) is 12.4. The number of carbonyl (C=O) groups excluding carboxylic acids is 1. The van der Waals surface area contributed by atoms with Crippen LogP contribution in [0.5, 0.6) is 0 Å². The number of rotatable bonds is 4. The second kappa shape index (κ2) is 7.52. The number of carbonyl (C=O) groups is 1. The van der Waals surface area contributed by atoms with E-state index in [1.165, 1.54) is 30.4 Å². The summed E-state index contributed by atoms with van der Waals surface area (Å²) in [6, 6.07) is 12.6. The van der Waals surface area contributed by atoms with Crippen molar-refractivity contribution in [2.24, 2.45) is 4.99 Å². The van der Waals surface area contributed by atoms with E-state index in [0.717, 1.165) is 34.5 Å². The van der Waals surface area contributed by atoms with Crippen molar-refractivity contribution in [3.05, 3.63) is 75.0 Å². The maximum Gasteiger partial charge on any atom is 0.416 e. The number of aromatic amines is 1. The maximum absolute atomic E-state index is 12.6. The van der Waals surface area contributed by atoms with E-state index in [-0.39, 0.29) is 5.78 Å². The molecule has 1 heterocycles. The number of H-pyrrole nitrogens is 1. The van der Waals surface area contributed by atoms with E-state index in [1.54, 1.807) is 0 Å². The van der Waals surface area contributed by atoms with Crippen molar-refractivity contribution < 1.29 is 18.0 Å². The van der Waals surface area contributed by atoms with Gasteiger partial charge in [-0.05, 0) is 35.7 Å². The SMILES string of the molecule is CC(=O)c1sc(=NCc2ccc(-c3ccc(C(F)(F)F)cc3)cc2)[nH]c1C. The predicted molar refractivity (Wildman–Crippen MR) is 99.6 cm³/mol. The maximum atomic E-state index is 12.6. The lowest BCUT2D eigenvalue weighted by Crippen LogP contribution is -2.03. The molecule has 0 unspecified atom stereocenters. The number of hydrogen-bond acceptors (Lipinski definition) is 3. The number of thiazole rings is 1. The first-order valence-corrected chi connectivity index (χ1v) is 9.03. The van der Waals surface area contributed by atoms with E-state index in [4.69, 9.17) is 0 Å². The number of Topliss-reactive ketones (excluding diaryl/α,β-unsaturated/α-hetero) is 1. The first-order valence-electron chi connectivity index (χ1n) is 8.22. The number of alkyl halides is 3. The zero-order valence-corrected chi connectivity index (χ0v) is 15.5.